The van der Waals surface area contributed by atoms with E-state index in [-0.39, 0.29) is 22.5 Å². The van der Waals surface area contributed by atoms with E-state index in [0.717, 1.165) is 40.7 Å². The lowest BCUT2D eigenvalue weighted by Gasteiger charge is -2.14. The molecule has 2 aromatic carbocycles. The quantitative estimate of drug-likeness (QED) is 0.404. The van der Waals surface area contributed by atoms with Gasteiger partial charge in [-0.15, -0.1) is 0 Å². The number of nitrogens with one attached hydrogen (secondary N) is 2. The van der Waals surface area contributed by atoms with Crippen molar-refractivity contribution >= 4 is 40.4 Å². The summed E-state index contributed by atoms with van der Waals surface area (Å²) in [7, 11) is 1.12. The number of benzene rings is 2. The number of amides is 2. The Morgan fingerprint density at radius 2 is 1.69 bits per heavy atom. The average molecular weight is 496 g/mol. The molecule has 3 aromatic rings. The van der Waals surface area contributed by atoms with Gasteiger partial charge < -0.3 is 19.9 Å². The molecule has 0 saturated carbocycles. The maximum Gasteiger partial charge on any atom is 0.413 e. The number of carboxylic acids is 1. The molecule has 2 amide bonds. The van der Waals surface area contributed by atoms with Gasteiger partial charge in [0, 0.05) is 5.92 Å². The fourth-order valence-corrected chi connectivity index (χ4v) is 4.54. The molecule has 35 heavy (non-hydrogen) atoms. The molecule has 180 valence electrons. The standard InChI is InChI=1S/C24H21N3O7S/c1-33-20(28)10-18(22(30)31)26-21(29)19-11-25-23(35-19)27-24(32)34-12-17-15-8-4-2-6-13(15)14-7-3-5-9-16(14)17/h2-9,11,17-18H,10,12H2,1H3,(H,26,29)(H,30,31)(H,25,27,32)/t18-/m0/s1. The molecule has 0 spiro atoms. The number of aliphatic carboxylic acids is 1. The summed E-state index contributed by atoms with van der Waals surface area (Å²) in [5.41, 5.74) is 4.38. The lowest BCUT2D eigenvalue weighted by molar-refractivity contribution is -0.147. The lowest BCUT2D eigenvalue weighted by Crippen LogP contribution is -2.42. The summed E-state index contributed by atoms with van der Waals surface area (Å²) in [5, 5.41) is 14.0. The van der Waals surface area contributed by atoms with Crippen molar-refractivity contribution in [1.29, 1.82) is 0 Å². The van der Waals surface area contributed by atoms with Gasteiger partial charge in [-0.25, -0.2) is 14.6 Å². The van der Waals surface area contributed by atoms with Crippen LogP contribution in [0.3, 0.4) is 0 Å². The Bertz CT molecular complexity index is 1240. The molecule has 1 heterocycles. The van der Waals surface area contributed by atoms with Gasteiger partial charge in [-0.1, -0.05) is 59.9 Å². The first kappa shape index (κ1) is 23.9. The Morgan fingerprint density at radius 1 is 1.06 bits per heavy atom. The third-order valence-electron chi connectivity index (χ3n) is 5.48. The minimum atomic E-state index is -1.46. The largest absolute Gasteiger partial charge is 0.480 e. The van der Waals surface area contributed by atoms with Crippen LogP contribution in [0.25, 0.3) is 11.1 Å². The highest BCUT2D eigenvalue weighted by Crippen LogP contribution is 2.44. The molecule has 0 saturated heterocycles. The number of carbonyl (C=O) groups is 4. The van der Waals surface area contributed by atoms with E-state index >= 15 is 0 Å². The molecule has 10 nitrogen and oxygen atoms in total. The highest BCUT2D eigenvalue weighted by atomic mass is 32.1. The van der Waals surface area contributed by atoms with Crippen molar-refractivity contribution in [1.82, 2.24) is 10.3 Å². The third-order valence-corrected chi connectivity index (χ3v) is 6.40. The fourth-order valence-electron chi connectivity index (χ4n) is 3.84. The second kappa shape index (κ2) is 10.3. The summed E-state index contributed by atoms with van der Waals surface area (Å²) in [6.07, 6.45) is -0.0700. The highest BCUT2D eigenvalue weighted by Gasteiger charge is 2.29. The summed E-state index contributed by atoms with van der Waals surface area (Å²) in [5.74, 6) is -3.02. The lowest BCUT2D eigenvalue weighted by atomic mass is 9.98. The molecule has 1 aromatic heterocycles. The fraction of sp³-hybridized carbons (Fsp3) is 0.208. The second-order valence-corrected chi connectivity index (χ2v) is 8.66. The van der Waals surface area contributed by atoms with Crippen LogP contribution >= 0.6 is 11.3 Å². The van der Waals surface area contributed by atoms with Crippen LogP contribution in [0.5, 0.6) is 0 Å². The Morgan fingerprint density at radius 3 is 2.29 bits per heavy atom. The van der Waals surface area contributed by atoms with E-state index in [0.29, 0.717) is 0 Å². The number of nitrogens with zero attached hydrogens (tertiary/aromatic N) is 1. The molecule has 1 aliphatic rings. The molecule has 0 fully saturated rings. The average Bonchev–Trinajstić information content (AvgIpc) is 3.45. The first-order chi connectivity index (χ1) is 16.9. The Hall–Kier alpha value is -4.25. The zero-order chi connectivity index (χ0) is 24.9. The number of ether oxygens (including phenoxy) is 2. The molecular weight excluding hydrogens is 474 g/mol. The van der Waals surface area contributed by atoms with E-state index in [2.05, 4.69) is 20.4 Å². The van der Waals surface area contributed by atoms with Crippen molar-refractivity contribution in [3.8, 4) is 11.1 Å². The number of carboxylic acid groups (broad SMARTS) is 1. The first-order valence-electron chi connectivity index (χ1n) is 10.6. The molecule has 11 heteroatoms. The number of methoxy groups -OCH3 is 1. The van der Waals surface area contributed by atoms with Gasteiger partial charge in [-0.3, -0.25) is 14.9 Å². The van der Waals surface area contributed by atoms with Crippen molar-refractivity contribution in [2.45, 2.75) is 18.4 Å². The van der Waals surface area contributed by atoms with Crippen molar-refractivity contribution in [2.24, 2.45) is 0 Å². The number of thiazole rings is 1. The molecule has 0 bridgehead atoms. The van der Waals surface area contributed by atoms with Gasteiger partial charge in [0.15, 0.2) is 5.13 Å². The summed E-state index contributed by atoms with van der Waals surface area (Å²) in [6, 6.07) is 14.5. The van der Waals surface area contributed by atoms with E-state index in [1.54, 1.807) is 0 Å². The zero-order valence-corrected chi connectivity index (χ0v) is 19.3. The van der Waals surface area contributed by atoms with E-state index in [1.807, 2.05) is 48.5 Å². The van der Waals surface area contributed by atoms with Gasteiger partial charge in [-0.2, -0.15) is 0 Å². The molecule has 0 unspecified atom stereocenters. The van der Waals surface area contributed by atoms with Crippen LogP contribution < -0.4 is 10.6 Å². The summed E-state index contributed by atoms with van der Waals surface area (Å²) in [6.45, 7) is 0.117. The van der Waals surface area contributed by atoms with Gasteiger partial charge in [0.05, 0.1) is 19.7 Å². The van der Waals surface area contributed by atoms with Crippen LogP contribution in [0.4, 0.5) is 9.93 Å². The number of hydrogen-bond donors (Lipinski definition) is 3. The molecule has 1 aliphatic carbocycles. The predicted octanol–water partition coefficient (Wildman–Crippen LogP) is 3.25. The number of rotatable bonds is 8. The van der Waals surface area contributed by atoms with Crippen molar-refractivity contribution in [3.63, 3.8) is 0 Å². The number of hydrogen-bond acceptors (Lipinski definition) is 8. The van der Waals surface area contributed by atoms with Crippen LogP contribution in [0.15, 0.2) is 54.7 Å². The van der Waals surface area contributed by atoms with Gasteiger partial charge in [0.1, 0.15) is 17.5 Å². The SMILES string of the molecule is COC(=O)C[C@H](NC(=O)c1cnc(NC(=O)OCC2c3ccccc3-c3ccccc32)s1)C(=O)O. The van der Waals surface area contributed by atoms with Crippen molar-refractivity contribution in [2.75, 3.05) is 19.0 Å². The number of aromatic nitrogens is 1. The van der Waals surface area contributed by atoms with Crippen LogP contribution in [-0.2, 0) is 19.1 Å². The number of fused-ring (bicyclic) bond motifs is 3. The molecule has 1 atom stereocenters. The van der Waals surface area contributed by atoms with Crippen LogP contribution in [0, 0.1) is 0 Å². The van der Waals surface area contributed by atoms with Gasteiger partial charge in [-0.05, 0) is 22.3 Å². The second-order valence-electron chi connectivity index (χ2n) is 7.62. The van der Waals surface area contributed by atoms with Crippen LogP contribution in [-0.4, -0.2) is 53.8 Å². The molecule has 0 aliphatic heterocycles. The Balaban J connectivity index is 1.35. The Kier molecular flexibility index (Phi) is 7.06. The van der Waals surface area contributed by atoms with E-state index < -0.39 is 36.4 Å². The topological polar surface area (TPSA) is 144 Å². The van der Waals surface area contributed by atoms with Crippen molar-refractivity contribution < 1.29 is 33.8 Å². The van der Waals surface area contributed by atoms with Gasteiger partial charge >= 0.3 is 18.0 Å². The predicted molar refractivity (Wildman–Crippen MR) is 126 cm³/mol. The molecule has 0 radical (unpaired) electrons. The number of anilines is 1. The van der Waals surface area contributed by atoms with E-state index in [4.69, 9.17) is 4.74 Å². The smallest absolute Gasteiger partial charge is 0.413 e. The number of esters is 1. The third kappa shape index (κ3) is 5.30. The van der Waals surface area contributed by atoms with Gasteiger partial charge in [0.2, 0.25) is 0 Å². The zero-order valence-electron chi connectivity index (χ0n) is 18.5. The maximum absolute atomic E-state index is 12.4. The minimum absolute atomic E-state index is 0.0510. The first-order valence-corrected chi connectivity index (χ1v) is 11.4. The Labute approximate surface area is 203 Å². The summed E-state index contributed by atoms with van der Waals surface area (Å²) in [4.78, 5) is 51.4. The minimum Gasteiger partial charge on any atom is -0.480 e. The molecular formula is C24H21N3O7S. The number of carbonyl (C=O) groups excluding carboxylic acids is 3. The normalized spacial score (nSPS) is 12.7. The summed E-state index contributed by atoms with van der Waals surface area (Å²) >= 11 is 0.839. The van der Waals surface area contributed by atoms with Crippen molar-refractivity contribution in [3.05, 3.63) is 70.7 Å². The monoisotopic (exact) mass is 495 g/mol. The molecule has 4 rings (SSSR count). The van der Waals surface area contributed by atoms with Crippen LogP contribution in [0.2, 0.25) is 0 Å². The van der Waals surface area contributed by atoms with E-state index in [9.17, 15) is 24.3 Å². The van der Waals surface area contributed by atoms with Crippen LogP contribution in [0.1, 0.15) is 33.1 Å². The maximum atomic E-state index is 12.4. The summed E-state index contributed by atoms with van der Waals surface area (Å²) < 4.78 is 9.89. The molecule has 3 N–H and O–H groups in total. The highest BCUT2D eigenvalue weighted by molar-refractivity contribution is 7.17. The van der Waals surface area contributed by atoms with Gasteiger partial charge in [0.25, 0.3) is 5.91 Å². The van der Waals surface area contributed by atoms with E-state index in [1.165, 1.54) is 6.20 Å².